The molecule has 0 saturated carbocycles. The van der Waals surface area contributed by atoms with Crippen LogP contribution in [0.2, 0.25) is 0 Å². The van der Waals surface area contributed by atoms with Gasteiger partial charge in [0.05, 0.1) is 6.21 Å². The molecule has 3 heteroatoms. The first kappa shape index (κ1) is 11.6. The van der Waals surface area contributed by atoms with Crippen LogP contribution in [0.15, 0.2) is 29.4 Å². The maximum absolute atomic E-state index is 4.62. The minimum atomic E-state index is 1.03. The smallest absolute Gasteiger partial charge is 0.106 e. The molecule has 0 aliphatic heterocycles. The van der Waals surface area contributed by atoms with Crippen molar-refractivity contribution in [1.29, 1.82) is 0 Å². The molecule has 0 atom stereocenters. The van der Waals surface area contributed by atoms with Crippen LogP contribution in [0.5, 0.6) is 0 Å². The van der Waals surface area contributed by atoms with Gasteiger partial charge >= 0.3 is 0 Å². The summed E-state index contributed by atoms with van der Waals surface area (Å²) in [7, 11) is 1.54. The number of hydrogen-bond donors (Lipinski definition) is 0. The highest BCUT2D eigenvalue weighted by molar-refractivity contribution is 5.79. The van der Waals surface area contributed by atoms with Crippen molar-refractivity contribution >= 4 is 11.9 Å². The Kier molecular flexibility index (Phi) is 4.68. The minimum absolute atomic E-state index is 1.03. The molecule has 0 N–H and O–H groups in total. The molecule has 0 amide bonds. The summed E-state index contributed by atoms with van der Waals surface area (Å²) in [5.74, 6) is 0. The third-order valence-electron chi connectivity index (χ3n) is 2.33. The maximum Gasteiger partial charge on any atom is 0.106 e. The van der Waals surface area contributed by atoms with Gasteiger partial charge in [-0.3, -0.25) is 0 Å². The Balaban J connectivity index is 2.75. The van der Waals surface area contributed by atoms with E-state index in [2.05, 4.69) is 40.9 Å². The first-order valence-electron chi connectivity index (χ1n) is 5.23. The van der Waals surface area contributed by atoms with Crippen LogP contribution < -0.4 is 4.90 Å². The molecule has 0 radical (unpaired) electrons. The molecule has 0 bridgehead atoms. The van der Waals surface area contributed by atoms with E-state index in [0.29, 0.717) is 0 Å². The van der Waals surface area contributed by atoms with Crippen molar-refractivity contribution in [2.45, 2.75) is 13.8 Å². The van der Waals surface area contributed by atoms with E-state index in [-0.39, 0.29) is 0 Å². The monoisotopic (exact) mass is 206 g/mol. The minimum Gasteiger partial charge on any atom is -0.399 e. The van der Waals surface area contributed by atoms with Gasteiger partial charge in [0.1, 0.15) is 7.11 Å². The lowest BCUT2D eigenvalue weighted by atomic mass is 10.2. The number of rotatable bonds is 5. The number of benzene rings is 1. The molecule has 1 aromatic carbocycles. The molecule has 0 spiro atoms. The highest BCUT2D eigenvalue weighted by atomic mass is 16.6. The summed E-state index contributed by atoms with van der Waals surface area (Å²) in [5, 5.41) is 3.72. The molecule has 3 nitrogen and oxygen atoms in total. The molecule has 0 heterocycles. The number of hydrogen-bond acceptors (Lipinski definition) is 3. The fraction of sp³-hybridized carbons (Fsp3) is 0.417. The molecule has 1 aromatic rings. The van der Waals surface area contributed by atoms with E-state index in [4.69, 9.17) is 0 Å². The first-order valence-corrected chi connectivity index (χ1v) is 5.23. The normalized spacial score (nSPS) is 10.6. The summed E-state index contributed by atoms with van der Waals surface area (Å²) in [4.78, 5) is 6.93. The van der Waals surface area contributed by atoms with Crippen LogP contribution >= 0.6 is 0 Å². The van der Waals surface area contributed by atoms with E-state index < -0.39 is 0 Å². The molecular formula is C12H18N2O. The topological polar surface area (TPSA) is 24.8 Å². The quantitative estimate of drug-likeness (QED) is 0.546. The van der Waals surface area contributed by atoms with Crippen LogP contribution in [0.4, 0.5) is 5.69 Å². The van der Waals surface area contributed by atoms with Crippen LogP contribution in [0.1, 0.15) is 19.4 Å². The molecule has 0 aliphatic rings. The van der Waals surface area contributed by atoms with Gasteiger partial charge in [-0.15, -0.1) is 0 Å². The van der Waals surface area contributed by atoms with Gasteiger partial charge in [-0.05, 0) is 31.5 Å². The zero-order valence-corrected chi connectivity index (χ0v) is 9.60. The molecule has 0 unspecified atom stereocenters. The van der Waals surface area contributed by atoms with E-state index in [9.17, 15) is 0 Å². The third-order valence-corrected chi connectivity index (χ3v) is 2.33. The van der Waals surface area contributed by atoms with Crippen LogP contribution in [0.25, 0.3) is 0 Å². The molecule has 1 rings (SSSR count). The van der Waals surface area contributed by atoms with E-state index in [0.717, 1.165) is 18.7 Å². The van der Waals surface area contributed by atoms with Crippen LogP contribution in [0.3, 0.4) is 0 Å². The summed E-state index contributed by atoms with van der Waals surface area (Å²) in [6.07, 6.45) is 1.70. The second-order valence-electron chi connectivity index (χ2n) is 3.18. The fourth-order valence-corrected chi connectivity index (χ4v) is 1.47. The number of oxime groups is 1. The highest BCUT2D eigenvalue weighted by Gasteiger charge is 1.99. The van der Waals surface area contributed by atoms with Crippen molar-refractivity contribution in [2.24, 2.45) is 5.16 Å². The van der Waals surface area contributed by atoms with Crippen LogP contribution in [-0.4, -0.2) is 26.4 Å². The van der Waals surface area contributed by atoms with Gasteiger partial charge in [0.2, 0.25) is 0 Å². The molecule has 0 saturated heterocycles. The Morgan fingerprint density at radius 2 is 1.80 bits per heavy atom. The van der Waals surface area contributed by atoms with Gasteiger partial charge in [-0.2, -0.15) is 0 Å². The molecule has 15 heavy (non-hydrogen) atoms. The van der Waals surface area contributed by atoms with Gasteiger partial charge in [0, 0.05) is 18.8 Å². The van der Waals surface area contributed by atoms with Crippen LogP contribution in [-0.2, 0) is 4.84 Å². The van der Waals surface area contributed by atoms with E-state index in [1.54, 1.807) is 13.3 Å². The van der Waals surface area contributed by atoms with Crippen molar-refractivity contribution in [3.8, 4) is 0 Å². The van der Waals surface area contributed by atoms with Crippen molar-refractivity contribution in [1.82, 2.24) is 0 Å². The predicted molar refractivity (Wildman–Crippen MR) is 64.6 cm³/mol. The first-order chi connectivity index (χ1) is 7.31. The van der Waals surface area contributed by atoms with Crippen molar-refractivity contribution in [2.75, 3.05) is 25.1 Å². The van der Waals surface area contributed by atoms with Crippen molar-refractivity contribution in [3.05, 3.63) is 29.8 Å². The lowest BCUT2D eigenvalue weighted by Crippen LogP contribution is -2.21. The third kappa shape index (κ3) is 3.27. The Morgan fingerprint density at radius 3 is 2.27 bits per heavy atom. The Labute approximate surface area is 91.3 Å². The predicted octanol–water partition coefficient (Wildman–Crippen LogP) is 2.51. The molecule has 0 aliphatic carbocycles. The van der Waals surface area contributed by atoms with Crippen molar-refractivity contribution < 1.29 is 4.84 Å². The van der Waals surface area contributed by atoms with Crippen molar-refractivity contribution in [3.63, 3.8) is 0 Å². The Morgan fingerprint density at radius 1 is 1.20 bits per heavy atom. The molecule has 0 fully saturated rings. The average Bonchev–Trinajstić information content (AvgIpc) is 2.29. The van der Waals surface area contributed by atoms with Gasteiger partial charge < -0.3 is 9.74 Å². The van der Waals surface area contributed by atoms with E-state index in [1.807, 2.05) is 12.1 Å². The SMILES string of the molecule is CCN(CC)c1ccc(C=NOC)cc1. The van der Waals surface area contributed by atoms with Gasteiger partial charge in [0.25, 0.3) is 0 Å². The Bertz CT molecular complexity index is 302. The molecular weight excluding hydrogens is 188 g/mol. The van der Waals surface area contributed by atoms with Gasteiger partial charge in [-0.25, -0.2) is 0 Å². The van der Waals surface area contributed by atoms with Gasteiger partial charge in [-0.1, -0.05) is 17.3 Å². The largest absolute Gasteiger partial charge is 0.399 e. The fourth-order valence-electron chi connectivity index (χ4n) is 1.47. The lowest BCUT2D eigenvalue weighted by molar-refractivity contribution is 0.215. The zero-order chi connectivity index (χ0) is 11.1. The molecule has 0 aromatic heterocycles. The molecule has 82 valence electrons. The average molecular weight is 206 g/mol. The summed E-state index contributed by atoms with van der Waals surface area (Å²) in [6.45, 7) is 6.37. The summed E-state index contributed by atoms with van der Waals surface area (Å²) in [5.41, 5.74) is 2.29. The lowest BCUT2D eigenvalue weighted by Gasteiger charge is -2.20. The maximum atomic E-state index is 4.62. The van der Waals surface area contributed by atoms with E-state index in [1.165, 1.54) is 5.69 Å². The summed E-state index contributed by atoms with van der Waals surface area (Å²) >= 11 is 0. The summed E-state index contributed by atoms with van der Waals surface area (Å²) in [6, 6.07) is 8.28. The number of nitrogens with zero attached hydrogens (tertiary/aromatic N) is 2. The number of anilines is 1. The summed E-state index contributed by atoms with van der Waals surface area (Å²) < 4.78 is 0. The van der Waals surface area contributed by atoms with Crippen LogP contribution in [0, 0.1) is 0 Å². The highest BCUT2D eigenvalue weighted by Crippen LogP contribution is 2.13. The second-order valence-corrected chi connectivity index (χ2v) is 3.18. The zero-order valence-electron chi connectivity index (χ0n) is 9.60. The second kappa shape index (κ2) is 6.06. The van der Waals surface area contributed by atoms with Gasteiger partial charge in [0.15, 0.2) is 0 Å². The van der Waals surface area contributed by atoms with E-state index >= 15 is 0 Å². The standard InChI is InChI=1S/C12H18N2O/c1-4-14(5-2)12-8-6-11(7-9-12)10-13-15-3/h6-10H,4-5H2,1-3H3. The Hall–Kier alpha value is -1.51.